The summed E-state index contributed by atoms with van der Waals surface area (Å²) in [7, 11) is 0. The number of ether oxygens (including phenoxy) is 3. The van der Waals surface area contributed by atoms with Crippen LogP contribution in [0.1, 0.15) is 245 Å². The monoisotopic (exact) mass is 839 g/mol. The average Bonchev–Trinajstić information content (AvgIpc) is 3.24. The number of esters is 3. The van der Waals surface area contributed by atoms with Gasteiger partial charge in [0.2, 0.25) is 0 Å². The van der Waals surface area contributed by atoms with Crippen LogP contribution in [0.25, 0.3) is 0 Å². The molecule has 6 heteroatoms. The van der Waals surface area contributed by atoms with Gasteiger partial charge in [0.1, 0.15) is 13.2 Å². The Labute approximate surface area is 370 Å². The first-order valence-corrected chi connectivity index (χ1v) is 25.3. The molecule has 0 aliphatic heterocycles. The summed E-state index contributed by atoms with van der Waals surface area (Å²) in [5, 5.41) is 0. The van der Waals surface area contributed by atoms with E-state index in [1.165, 1.54) is 96.3 Å². The van der Waals surface area contributed by atoms with Gasteiger partial charge in [-0.05, 0) is 103 Å². The lowest BCUT2D eigenvalue weighted by molar-refractivity contribution is -0.167. The SMILES string of the molecule is CCCC/C=C\CCCCCCCC(=O)OCC(COC(=O)CCCCCCC/C=C\C/C=C\CCCCCC)OC(=O)CCCCCCC/C=C\C/C=C\CCCCC. The lowest BCUT2D eigenvalue weighted by Crippen LogP contribution is -2.30. The highest BCUT2D eigenvalue weighted by Gasteiger charge is 2.19. The molecule has 0 saturated heterocycles. The molecule has 0 spiro atoms. The number of unbranched alkanes of at least 4 members (excludes halogenated alkanes) is 24. The molecule has 60 heavy (non-hydrogen) atoms. The molecule has 0 saturated carbocycles. The summed E-state index contributed by atoms with van der Waals surface area (Å²) in [4.78, 5) is 37.9. The van der Waals surface area contributed by atoms with Crippen LogP contribution >= 0.6 is 0 Å². The molecule has 346 valence electrons. The highest BCUT2D eigenvalue weighted by molar-refractivity contribution is 5.71. The number of rotatable bonds is 45. The summed E-state index contributed by atoms with van der Waals surface area (Å²) in [6.45, 7) is 6.52. The van der Waals surface area contributed by atoms with Crippen LogP contribution < -0.4 is 0 Å². The van der Waals surface area contributed by atoms with Gasteiger partial charge in [0.05, 0.1) is 0 Å². The molecule has 0 heterocycles. The predicted octanol–water partition coefficient (Wildman–Crippen LogP) is 16.5. The fourth-order valence-electron chi connectivity index (χ4n) is 6.83. The minimum absolute atomic E-state index is 0.0891. The molecule has 0 aromatic rings. The van der Waals surface area contributed by atoms with E-state index in [9.17, 15) is 14.4 Å². The molecule has 0 aliphatic rings. The summed E-state index contributed by atoms with van der Waals surface area (Å²) >= 11 is 0. The molecule has 0 aromatic heterocycles. The fourth-order valence-corrected chi connectivity index (χ4v) is 6.83. The molecule has 6 nitrogen and oxygen atoms in total. The Kier molecular flexibility index (Phi) is 46.4. The highest BCUT2D eigenvalue weighted by Crippen LogP contribution is 2.13. The van der Waals surface area contributed by atoms with Gasteiger partial charge in [0.25, 0.3) is 0 Å². The topological polar surface area (TPSA) is 78.9 Å². The van der Waals surface area contributed by atoms with Crippen molar-refractivity contribution in [2.75, 3.05) is 13.2 Å². The number of allylic oxidation sites excluding steroid dienone is 10. The fraction of sp³-hybridized carbons (Fsp3) is 0.759. The van der Waals surface area contributed by atoms with Gasteiger partial charge in [0, 0.05) is 19.3 Å². The van der Waals surface area contributed by atoms with Gasteiger partial charge >= 0.3 is 17.9 Å². The molecule has 0 N–H and O–H groups in total. The van der Waals surface area contributed by atoms with Crippen molar-refractivity contribution in [2.45, 2.75) is 252 Å². The van der Waals surface area contributed by atoms with Gasteiger partial charge in [-0.2, -0.15) is 0 Å². The third-order valence-electron chi connectivity index (χ3n) is 10.7. The van der Waals surface area contributed by atoms with Crippen molar-refractivity contribution in [1.29, 1.82) is 0 Å². The number of hydrogen-bond acceptors (Lipinski definition) is 6. The zero-order valence-corrected chi connectivity index (χ0v) is 39.5. The van der Waals surface area contributed by atoms with Crippen molar-refractivity contribution >= 4 is 17.9 Å². The second-order valence-corrected chi connectivity index (χ2v) is 16.7. The van der Waals surface area contributed by atoms with Crippen molar-refractivity contribution < 1.29 is 28.6 Å². The van der Waals surface area contributed by atoms with Gasteiger partial charge in [-0.15, -0.1) is 0 Å². The second kappa shape index (κ2) is 48.8. The van der Waals surface area contributed by atoms with Gasteiger partial charge in [-0.3, -0.25) is 14.4 Å². The number of hydrogen-bond donors (Lipinski definition) is 0. The van der Waals surface area contributed by atoms with Crippen LogP contribution in [0.5, 0.6) is 0 Å². The van der Waals surface area contributed by atoms with E-state index in [-0.39, 0.29) is 31.1 Å². The van der Waals surface area contributed by atoms with E-state index in [2.05, 4.69) is 81.5 Å². The van der Waals surface area contributed by atoms with Crippen molar-refractivity contribution in [3.63, 3.8) is 0 Å². The van der Waals surface area contributed by atoms with Crippen LogP contribution in [0.4, 0.5) is 0 Å². The van der Waals surface area contributed by atoms with E-state index >= 15 is 0 Å². The standard InChI is InChI=1S/C54H94O6/c1-4-7-10-13-16-19-22-24-26-28-29-32-35-38-41-44-47-53(56)59-50-51(49-58-52(55)46-43-40-37-34-31-21-18-15-12-9-6-3)60-54(57)48-45-42-39-36-33-30-27-25-23-20-17-14-11-8-5-2/h15,17-20,22,25-28,51H,4-14,16,21,23-24,29-50H2,1-3H3/b18-15-,20-17-,22-19-,27-25-,28-26-. The van der Waals surface area contributed by atoms with Crippen LogP contribution in [-0.2, 0) is 28.6 Å². The molecule has 0 rings (SSSR count). The molecule has 0 amide bonds. The maximum atomic E-state index is 12.8. The van der Waals surface area contributed by atoms with Crippen LogP contribution in [0.15, 0.2) is 60.8 Å². The molecular weight excluding hydrogens is 745 g/mol. The molecule has 0 aromatic carbocycles. The minimum Gasteiger partial charge on any atom is -0.462 e. The van der Waals surface area contributed by atoms with Gasteiger partial charge in [0.15, 0.2) is 6.10 Å². The van der Waals surface area contributed by atoms with Gasteiger partial charge in [-0.1, -0.05) is 184 Å². The van der Waals surface area contributed by atoms with Crippen LogP contribution in [-0.4, -0.2) is 37.2 Å². The Hall–Kier alpha value is -2.89. The Bertz CT molecular complexity index is 1100. The molecular formula is C54H94O6. The molecule has 0 radical (unpaired) electrons. The Balaban J connectivity index is 4.42. The van der Waals surface area contributed by atoms with E-state index in [1.54, 1.807) is 0 Å². The van der Waals surface area contributed by atoms with Crippen LogP contribution in [0.3, 0.4) is 0 Å². The Morgan fingerprint density at radius 3 is 1.02 bits per heavy atom. The van der Waals surface area contributed by atoms with E-state index in [4.69, 9.17) is 14.2 Å². The first-order chi connectivity index (χ1) is 29.5. The third-order valence-corrected chi connectivity index (χ3v) is 10.7. The summed E-state index contributed by atoms with van der Waals surface area (Å²) in [6.07, 6.45) is 59.1. The molecule has 1 atom stereocenters. The first-order valence-electron chi connectivity index (χ1n) is 25.3. The zero-order chi connectivity index (χ0) is 43.7. The summed E-state index contributed by atoms with van der Waals surface area (Å²) in [6, 6.07) is 0. The predicted molar refractivity (Wildman–Crippen MR) is 256 cm³/mol. The second-order valence-electron chi connectivity index (χ2n) is 16.7. The van der Waals surface area contributed by atoms with Crippen molar-refractivity contribution in [3.8, 4) is 0 Å². The largest absolute Gasteiger partial charge is 0.462 e. The maximum absolute atomic E-state index is 12.8. The van der Waals surface area contributed by atoms with Crippen LogP contribution in [0, 0.1) is 0 Å². The lowest BCUT2D eigenvalue weighted by Gasteiger charge is -2.18. The van der Waals surface area contributed by atoms with Crippen molar-refractivity contribution in [3.05, 3.63) is 60.8 Å². The highest BCUT2D eigenvalue weighted by atomic mass is 16.6. The quantitative estimate of drug-likeness (QED) is 0.0263. The molecule has 0 fully saturated rings. The molecule has 1 unspecified atom stereocenters. The zero-order valence-electron chi connectivity index (χ0n) is 39.5. The Morgan fingerprint density at radius 1 is 0.333 bits per heavy atom. The van der Waals surface area contributed by atoms with Crippen molar-refractivity contribution in [1.82, 2.24) is 0 Å². The molecule has 0 aliphatic carbocycles. The van der Waals surface area contributed by atoms with Crippen LogP contribution in [0.2, 0.25) is 0 Å². The minimum atomic E-state index is -0.789. The summed E-state index contributed by atoms with van der Waals surface area (Å²) in [5.74, 6) is -0.925. The smallest absolute Gasteiger partial charge is 0.306 e. The van der Waals surface area contributed by atoms with Gasteiger partial charge in [-0.25, -0.2) is 0 Å². The van der Waals surface area contributed by atoms with Gasteiger partial charge < -0.3 is 14.2 Å². The lowest BCUT2D eigenvalue weighted by atomic mass is 10.1. The summed E-state index contributed by atoms with van der Waals surface area (Å²) < 4.78 is 16.7. The number of carbonyl (C=O) groups excluding carboxylic acids is 3. The van der Waals surface area contributed by atoms with E-state index in [1.807, 2.05) is 0 Å². The molecule has 0 bridgehead atoms. The maximum Gasteiger partial charge on any atom is 0.306 e. The van der Waals surface area contributed by atoms with E-state index in [0.717, 1.165) is 109 Å². The van der Waals surface area contributed by atoms with Crippen molar-refractivity contribution in [2.24, 2.45) is 0 Å². The average molecular weight is 839 g/mol. The number of carbonyl (C=O) groups is 3. The first kappa shape index (κ1) is 57.1. The third kappa shape index (κ3) is 46.2. The summed E-state index contributed by atoms with van der Waals surface area (Å²) in [5.41, 5.74) is 0. The van der Waals surface area contributed by atoms with E-state index < -0.39 is 6.10 Å². The Morgan fingerprint density at radius 2 is 0.617 bits per heavy atom. The normalized spacial score (nSPS) is 12.5. The van der Waals surface area contributed by atoms with E-state index in [0.29, 0.717) is 19.3 Å².